The zero-order valence-corrected chi connectivity index (χ0v) is 23.0. The summed E-state index contributed by atoms with van der Waals surface area (Å²) in [6.07, 6.45) is 5.92. The Balaban J connectivity index is 1.37. The van der Waals surface area contributed by atoms with Gasteiger partial charge in [0, 0.05) is 24.8 Å². The Morgan fingerprint density at radius 3 is 2.36 bits per heavy atom. The maximum Gasteiger partial charge on any atom is 0.266 e. The lowest BCUT2D eigenvalue weighted by molar-refractivity contribution is 0.0982. The number of nitrogens with one attached hydrogen (secondary N) is 3. The Kier molecular flexibility index (Phi) is 9.97. The molecular formula is C30H37N3O5S. The molecule has 1 fully saturated rings. The van der Waals surface area contributed by atoms with Crippen LogP contribution in [0.3, 0.4) is 0 Å². The zero-order chi connectivity index (χ0) is 27.7. The minimum Gasteiger partial charge on any atom is -0.492 e. The third kappa shape index (κ3) is 8.81. The molecule has 1 saturated carbocycles. The van der Waals surface area contributed by atoms with E-state index < -0.39 is 22.0 Å². The number of aliphatic hydroxyl groups excluding tert-OH is 1. The minimum atomic E-state index is -3.68. The van der Waals surface area contributed by atoms with Crippen molar-refractivity contribution in [2.75, 3.05) is 31.3 Å². The molecule has 1 aliphatic carbocycles. The third-order valence-electron chi connectivity index (χ3n) is 6.76. The van der Waals surface area contributed by atoms with Crippen LogP contribution in [0.1, 0.15) is 54.1 Å². The Morgan fingerprint density at radius 1 is 0.974 bits per heavy atom. The number of benzene rings is 3. The Labute approximate surface area is 230 Å². The summed E-state index contributed by atoms with van der Waals surface area (Å²) in [6, 6.07) is 22.9. The molecule has 3 aromatic carbocycles. The van der Waals surface area contributed by atoms with Crippen molar-refractivity contribution >= 4 is 21.6 Å². The van der Waals surface area contributed by atoms with Gasteiger partial charge in [-0.2, -0.15) is 0 Å². The van der Waals surface area contributed by atoms with Crippen LogP contribution < -0.4 is 20.1 Å². The fourth-order valence-corrected chi connectivity index (χ4v) is 5.19. The number of sulfonamides is 1. The van der Waals surface area contributed by atoms with Gasteiger partial charge in [0.15, 0.2) is 0 Å². The number of rotatable bonds is 12. The van der Waals surface area contributed by atoms with Crippen molar-refractivity contribution in [2.24, 2.45) is 0 Å². The first kappa shape index (κ1) is 28.6. The summed E-state index contributed by atoms with van der Waals surface area (Å²) >= 11 is 0. The van der Waals surface area contributed by atoms with Crippen molar-refractivity contribution in [1.82, 2.24) is 10.0 Å². The monoisotopic (exact) mass is 551 g/mol. The van der Waals surface area contributed by atoms with E-state index in [4.69, 9.17) is 4.74 Å². The average molecular weight is 552 g/mol. The van der Waals surface area contributed by atoms with Crippen LogP contribution >= 0.6 is 0 Å². The lowest BCUT2D eigenvalue weighted by atomic mass is 9.94. The van der Waals surface area contributed by atoms with Crippen LogP contribution in [-0.2, 0) is 10.0 Å². The van der Waals surface area contributed by atoms with Crippen LogP contribution in [0.2, 0.25) is 0 Å². The highest BCUT2D eigenvalue weighted by Gasteiger charge is 2.20. The summed E-state index contributed by atoms with van der Waals surface area (Å²) in [5, 5.41) is 16.9. The van der Waals surface area contributed by atoms with Crippen LogP contribution in [0, 0.1) is 0 Å². The zero-order valence-electron chi connectivity index (χ0n) is 22.2. The van der Waals surface area contributed by atoms with Gasteiger partial charge in [-0.15, -0.1) is 0 Å². The number of hydrogen-bond donors (Lipinski definition) is 4. The van der Waals surface area contributed by atoms with Crippen molar-refractivity contribution < 1.29 is 23.1 Å². The molecule has 4 N–H and O–H groups in total. The molecule has 0 heterocycles. The molecule has 0 aromatic heterocycles. The van der Waals surface area contributed by atoms with Gasteiger partial charge in [-0.1, -0.05) is 67.8 Å². The molecule has 8 nitrogen and oxygen atoms in total. The predicted octanol–water partition coefficient (Wildman–Crippen LogP) is 4.49. The van der Waals surface area contributed by atoms with E-state index in [1.807, 2.05) is 66.7 Å². The van der Waals surface area contributed by atoms with E-state index in [9.17, 15) is 18.3 Å². The highest BCUT2D eigenvalue weighted by Crippen LogP contribution is 2.30. The van der Waals surface area contributed by atoms with Gasteiger partial charge < -0.3 is 20.5 Å². The number of anilines is 1. The molecule has 1 atom stereocenters. The summed E-state index contributed by atoms with van der Waals surface area (Å²) in [5.74, 6) is 0.0878. The number of aliphatic hydroxyl groups is 1. The molecule has 3 aromatic rings. The van der Waals surface area contributed by atoms with Gasteiger partial charge in [0.05, 0.1) is 17.9 Å². The summed E-state index contributed by atoms with van der Waals surface area (Å²) in [5.41, 5.74) is 3.67. The van der Waals surface area contributed by atoms with Gasteiger partial charge >= 0.3 is 0 Å². The van der Waals surface area contributed by atoms with Crippen LogP contribution in [-0.4, -0.2) is 51.4 Å². The molecule has 1 amide bonds. The highest BCUT2D eigenvalue weighted by molar-refractivity contribution is 7.89. The molecule has 0 saturated heterocycles. The smallest absolute Gasteiger partial charge is 0.266 e. The first-order chi connectivity index (χ1) is 18.8. The fourth-order valence-electron chi connectivity index (χ4n) is 4.75. The molecule has 0 aliphatic heterocycles. The quantitative estimate of drug-likeness (QED) is 0.245. The molecule has 0 unspecified atom stereocenters. The molecule has 39 heavy (non-hydrogen) atoms. The highest BCUT2D eigenvalue weighted by atomic mass is 32.2. The van der Waals surface area contributed by atoms with E-state index >= 15 is 0 Å². The summed E-state index contributed by atoms with van der Waals surface area (Å²) in [6.45, 7) is 1.50. The maximum atomic E-state index is 12.7. The number of hydrogen-bond acceptors (Lipinski definition) is 7. The molecule has 9 heteroatoms. The second-order valence-corrected chi connectivity index (χ2v) is 11.7. The molecule has 208 valence electrons. The average Bonchev–Trinajstić information content (AvgIpc) is 2.93. The standard InChI is InChI=1S/C30H37N3O5S/c1-39(36,37)33-30(35)27-17-14-24(20-28(27)32-25-10-6-3-7-11-25)22-12-15-26(16-13-22)38-19-18-31-21-29(34)23-8-4-2-5-9-23/h2,4-5,8-9,12-17,20,25,29,31-32,34H,3,6-7,10-11,18-19,21H2,1H3,(H,33,35)/t29-/m1/s1. The van der Waals surface area contributed by atoms with Gasteiger partial charge in [-0.25, -0.2) is 13.1 Å². The molecule has 0 spiro atoms. The van der Waals surface area contributed by atoms with Gasteiger partial charge in [-0.05, 0) is 53.8 Å². The number of carbonyl (C=O) groups excluding carboxylic acids is 1. The van der Waals surface area contributed by atoms with E-state index in [1.165, 1.54) is 6.42 Å². The first-order valence-electron chi connectivity index (χ1n) is 13.4. The van der Waals surface area contributed by atoms with Crippen molar-refractivity contribution in [2.45, 2.75) is 44.2 Å². The van der Waals surface area contributed by atoms with Gasteiger partial charge in [-0.3, -0.25) is 4.79 Å². The van der Waals surface area contributed by atoms with Gasteiger partial charge in [0.2, 0.25) is 10.0 Å². The van der Waals surface area contributed by atoms with Crippen LogP contribution in [0.15, 0.2) is 72.8 Å². The SMILES string of the molecule is CS(=O)(=O)NC(=O)c1ccc(-c2ccc(OCCNC[C@@H](O)c3ccccc3)cc2)cc1NC1CCCCC1. The molecule has 1 aliphatic rings. The van der Waals surface area contributed by atoms with Gasteiger partial charge in [0.1, 0.15) is 12.4 Å². The van der Waals surface area contributed by atoms with Gasteiger partial charge in [0.25, 0.3) is 5.91 Å². The number of ether oxygens (including phenoxy) is 1. The Morgan fingerprint density at radius 2 is 1.67 bits per heavy atom. The van der Waals surface area contributed by atoms with Crippen LogP contribution in [0.5, 0.6) is 5.75 Å². The normalized spacial score (nSPS) is 14.9. The van der Waals surface area contributed by atoms with E-state index in [2.05, 4.69) is 15.4 Å². The number of carbonyl (C=O) groups is 1. The minimum absolute atomic E-state index is 0.247. The largest absolute Gasteiger partial charge is 0.492 e. The lowest BCUT2D eigenvalue weighted by Crippen LogP contribution is -2.31. The van der Waals surface area contributed by atoms with Crippen molar-refractivity contribution in [3.05, 3.63) is 83.9 Å². The van der Waals surface area contributed by atoms with Crippen LogP contribution in [0.4, 0.5) is 5.69 Å². The lowest BCUT2D eigenvalue weighted by Gasteiger charge is -2.25. The molecule has 4 rings (SSSR count). The predicted molar refractivity (Wildman–Crippen MR) is 154 cm³/mol. The molecular weight excluding hydrogens is 514 g/mol. The summed E-state index contributed by atoms with van der Waals surface area (Å²) in [4.78, 5) is 12.7. The van der Waals surface area contributed by atoms with Crippen LogP contribution in [0.25, 0.3) is 11.1 Å². The maximum absolute atomic E-state index is 12.7. The Bertz CT molecular complexity index is 1320. The fraction of sp³-hybridized carbons (Fsp3) is 0.367. The first-order valence-corrected chi connectivity index (χ1v) is 15.3. The van der Waals surface area contributed by atoms with Crippen molar-refractivity contribution in [3.8, 4) is 16.9 Å². The molecule has 0 radical (unpaired) electrons. The molecule has 0 bridgehead atoms. The van der Waals surface area contributed by atoms with E-state index in [-0.39, 0.29) is 6.04 Å². The Hall–Kier alpha value is -3.40. The van der Waals surface area contributed by atoms with E-state index in [0.717, 1.165) is 54.4 Å². The second kappa shape index (κ2) is 13.6. The summed E-state index contributed by atoms with van der Waals surface area (Å²) < 4.78 is 31.2. The second-order valence-electron chi connectivity index (χ2n) is 9.95. The summed E-state index contributed by atoms with van der Waals surface area (Å²) in [7, 11) is -3.68. The van der Waals surface area contributed by atoms with Crippen molar-refractivity contribution in [3.63, 3.8) is 0 Å². The third-order valence-corrected chi connectivity index (χ3v) is 7.32. The topological polar surface area (TPSA) is 117 Å². The van der Waals surface area contributed by atoms with E-state index in [1.54, 1.807) is 6.07 Å². The van der Waals surface area contributed by atoms with Crippen molar-refractivity contribution in [1.29, 1.82) is 0 Å². The number of amides is 1. The van der Waals surface area contributed by atoms with E-state index in [0.29, 0.717) is 30.9 Å².